The van der Waals surface area contributed by atoms with Gasteiger partial charge in [-0.15, -0.1) is 0 Å². The number of benzene rings is 2. The van der Waals surface area contributed by atoms with Gasteiger partial charge in [0, 0.05) is 44.4 Å². The van der Waals surface area contributed by atoms with E-state index in [0.717, 1.165) is 11.3 Å². The molecule has 140 valence electrons. The molecule has 0 radical (unpaired) electrons. The van der Waals surface area contributed by atoms with Gasteiger partial charge in [0.05, 0.1) is 4.90 Å². The highest BCUT2D eigenvalue weighted by Gasteiger charge is 2.29. The number of aromatic nitrogens is 2. The van der Waals surface area contributed by atoms with Crippen molar-refractivity contribution in [2.45, 2.75) is 11.8 Å². The van der Waals surface area contributed by atoms with E-state index in [1.807, 2.05) is 30.3 Å². The Balaban J connectivity index is 1.54. The molecule has 0 amide bonds. The smallest absolute Gasteiger partial charge is 0.243 e. The zero-order valence-corrected chi connectivity index (χ0v) is 15.8. The van der Waals surface area contributed by atoms with Crippen molar-refractivity contribution in [3.8, 4) is 11.4 Å². The molecule has 0 bridgehead atoms. The lowest BCUT2D eigenvalue weighted by Crippen LogP contribution is -2.48. The number of piperazine rings is 1. The third kappa shape index (κ3) is 3.45. The molecule has 2 aromatic carbocycles. The molecule has 1 aromatic heterocycles. The van der Waals surface area contributed by atoms with Crippen molar-refractivity contribution < 1.29 is 12.9 Å². The Morgan fingerprint density at radius 1 is 0.926 bits per heavy atom. The minimum Gasteiger partial charge on any atom is -0.368 e. The molecule has 1 saturated heterocycles. The molecule has 1 aliphatic rings. The van der Waals surface area contributed by atoms with E-state index in [9.17, 15) is 8.42 Å². The zero-order chi connectivity index (χ0) is 18.9. The van der Waals surface area contributed by atoms with E-state index in [0.29, 0.717) is 42.8 Å². The van der Waals surface area contributed by atoms with E-state index >= 15 is 0 Å². The van der Waals surface area contributed by atoms with Crippen LogP contribution >= 0.6 is 0 Å². The number of hydrogen-bond donors (Lipinski definition) is 0. The molecule has 0 N–H and O–H groups in total. The van der Waals surface area contributed by atoms with Crippen LogP contribution < -0.4 is 4.90 Å². The third-order valence-corrected chi connectivity index (χ3v) is 6.55. The summed E-state index contributed by atoms with van der Waals surface area (Å²) in [6.07, 6.45) is 0. The fourth-order valence-corrected chi connectivity index (χ4v) is 4.70. The molecule has 8 heteroatoms. The van der Waals surface area contributed by atoms with Gasteiger partial charge >= 0.3 is 0 Å². The van der Waals surface area contributed by atoms with Crippen molar-refractivity contribution in [3.05, 3.63) is 60.5 Å². The van der Waals surface area contributed by atoms with E-state index < -0.39 is 10.0 Å². The number of anilines is 1. The maximum atomic E-state index is 12.8. The number of sulfonamides is 1. The van der Waals surface area contributed by atoms with Gasteiger partial charge in [-0.25, -0.2) is 8.42 Å². The van der Waals surface area contributed by atoms with E-state index in [1.54, 1.807) is 35.5 Å². The lowest BCUT2D eigenvalue weighted by atomic mass is 10.1. The Morgan fingerprint density at radius 2 is 1.59 bits per heavy atom. The molecule has 0 unspecified atom stereocenters. The molecule has 3 aromatic rings. The topological polar surface area (TPSA) is 79.5 Å². The van der Waals surface area contributed by atoms with Gasteiger partial charge in [-0.05, 0) is 24.3 Å². The minimum atomic E-state index is -3.46. The van der Waals surface area contributed by atoms with Crippen LogP contribution in [0.25, 0.3) is 11.4 Å². The molecule has 1 aliphatic heterocycles. The highest BCUT2D eigenvalue weighted by molar-refractivity contribution is 7.89. The first-order valence-corrected chi connectivity index (χ1v) is 10.2. The summed E-state index contributed by atoms with van der Waals surface area (Å²) in [6, 6.07) is 16.4. The van der Waals surface area contributed by atoms with Gasteiger partial charge in [0.1, 0.15) is 0 Å². The Bertz CT molecular complexity index is 1030. The molecule has 27 heavy (non-hydrogen) atoms. The van der Waals surface area contributed by atoms with Crippen LogP contribution in [0.1, 0.15) is 5.89 Å². The molecule has 0 aliphatic carbocycles. The lowest BCUT2D eigenvalue weighted by molar-refractivity contribution is 0.385. The van der Waals surface area contributed by atoms with Crippen molar-refractivity contribution in [1.82, 2.24) is 14.4 Å². The van der Waals surface area contributed by atoms with Gasteiger partial charge in [-0.2, -0.15) is 9.29 Å². The van der Waals surface area contributed by atoms with Crippen LogP contribution in [0, 0.1) is 6.92 Å². The number of para-hydroxylation sites is 1. The summed E-state index contributed by atoms with van der Waals surface area (Å²) in [6.45, 7) is 3.81. The van der Waals surface area contributed by atoms with E-state index in [2.05, 4.69) is 15.0 Å². The average Bonchev–Trinajstić information content (AvgIpc) is 3.15. The predicted octanol–water partition coefficient (Wildman–Crippen LogP) is 2.56. The van der Waals surface area contributed by atoms with Gasteiger partial charge in [-0.1, -0.05) is 35.5 Å². The van der Waals surface area contributed by atoms with Crippen LogP contribution in [-0.4, -0.2) is 49.0 Å². The number of nitrogens with zero attached hydrogens (tertiary/aromatic N) is 4. The first kappa shape index (κ1) is 17.7. The second-order valence-corrected chi connectivity index (χ2v) is 8.30. The minimum absolute atomic E-state index is 0.334. The molecular formula is C19H20N4O3S. The molecular weight excluding hydrogens is 364 g/mol. The molecule has 2 heterocycles. The average molecular weight is 384 g/mol. The van der Waals surface area contributed by atoms with E-state index in [-0.39, 0.29) is 0 Å². The van der Waals surface area contributed by atoms with Crippen LogP contribution in [-0.2, 0) is 10.0 Å². The first-order chi connectivity index (χ1) is 13.1. The predicted molar refractivity (Wildman–Crippen MR) is 102 cm³/mol. The van der Waals surface area contributed by atoms with Gasteiger partial charge in [0.2, 0.25) is 21.7 Å². The van der Waals surface area contributed by atoms with Crippen molar-refractivity contribution in [2.24, 2.45) is 0 Å². The molecule has 0 saturated carbocycles. The van der Waals surface area contributed by atoms with Crippen LogP contribution in [0.3, 0.4) is 0 Å². The maximum absolute atomic E-state index is 12.8. The zero-order valence-electron chi connectivity index (χ0n) is 14.9. The monoisotopic (exact) mass is 384 g/mol. The number of rotatable bonds is 4. The lowest BCUT2D eigenvalue weighted by Gasteiger charge is -2.36. The summed E-state index contributed by atoms with van der Waals surface area (Å²) in [4.78, 5) is 6.82. The number of hydrogen-bond acceptors (Lipinski definition) is 6. The van der Waals surface area contributed by atoms with E-state index in [4.69, 9.17) is 4.52 Å². The molecule has 7 nitrogen and oxygen atoms in total. The van der Waals surface area contributed by atoms with Crippen molar-refractivity contribution in [1.29, 1.82) is 0 Å². The van der Waals surface area contributed by atoms with Gasteiger partial charge in [0.15, 0.2) is 0 Å². The highest BCUT2D eigenvalue weighted by atomic mass is 32.2. The van der Waals surface area contributed by atoms with Gasteiger partial charge in [0.25, 0.3) is 0 Å². The summed E-state index contributed by atoms with van der Waals surface area (Å²) < 4.78 is 32.2. The Kier molecular flexibility index (Phi) is 4.67. The Labute approximate surface area is 158 Å². The van der Waals surface area contributed by atoms with Crippen LogP contribution in [0.15, 0.2) is 64.0 Å². The van der Waals surface area contributed by atoms with Crippen LogP contribution in [0.2, 0.25) is 0 Å². The summed E-state index contributed by atoms with van der Waals surface area (Å²) in [5, 5.41) is 4.02. The van der Waals surface area contributed by atoms with Gasteiger partial charge in [-0.3, -0.25) is 0 Å². The quantitative estimate of drug-likeness (QED) is 0.688. The number of aryl methyl sites for hydroxylation is 1. The van der Waals surface area contributed by atoms with Crippen LogP contribution in [0.5, 0.6) is 0 Å². The maximum Gasteiger partial charge on any atom is 0.243 e. The fourth-order valence-electron chi connectivity index (χ4n) is 3.26. The third-order valence-electron chi connectivity index (χ3n) is 4.63. The fraction of sp³-hybridized carbons (Fsp3) is 0.263. The van der Waals surface area contributed by atoms with Gasteiger partial charge < -0.3 is 9.42 Å². The largest absolute Gasteiger partial charge is 0.368 e. The molecule has 1 fully saturated rings. The first-order valence-electron chi connectivity index (χ1n) is 8.75. The van der Waals surface area contributed by atoms with Crippen molar-refractivity contribution in [3.63, 3.8) is 0 Å². The SMILES string of the molecule is Cc1nc(-c2ccccc2N2CCN(S(=O)(=O)c3ccccc3)CC2)no1. The Morgan fingerprint density at radius 3 is 2.26 bits per heavy atom. The second kappa shape index (κ2) is 7.13. The van der Waals surface area contributed by atoms with Crippen molar-refractivity contribution >= 4 is 15.7 Å². The molecule has 0 spiro atoms. The summed E-state index contributed by atoms with van der Waals surface area (Å²) >= 11 is 0. The highest BCUT2D eigenvalue weighted by Crippen LogP contribution is 2.30. The standard InChI is InChI=1S/C19H20N4O3S/c1-15-20-19(21-26-15)17-9-5-6-10-18(17)22-11-13-23(14-12-22)27(24,25)16-7-3-2-4-8-16/h2-10H,11-14H2,1H3. The summed E-state index contributed by atoms with van der Waals surface area (Å²) in [5.41, 5.74) is 1.86. The Hall–Kier alpha value is -2.71. The molecule has 0 atom stereocenters. The van der Waals surface area contributed by atoms with E-state index in [1.165, 1.54) is 0 Å². The second-order valence-electron chi connectivity index (χ2n) is 6.36. The van der Waals surface area contributed by atoms with Crippen molar-refractivity contribution in [2.75, 3.05) is 31.1 Å². The van der Waals surface area contributed by atoms with Crippen LogP contribution in [0.4, 0.5) is 5.69 Å². The summed E-state index contributed by atoms with van der Waals surface area (Å²) in [5.74, 6) is 1.06. The molecule has 4 rings (SSSR count). The normalized spacial score (nSPS) is 15.8. The summed E-state index contributed by atoms with van der Waals surface area (Å²) in [7, 11) is -3.46.